The zero-order valence-electron chi connectivity index (χ0n) is 11.8. The molecule has 0 saturated carbocycles. The molecule has 0 aromatic heterocycles. The van der Waals surface area contributed by atoms with Crippen LogP contribution in [0, 0.1) is 0 Å². The largest absolute Gasteiger partial charge is 0.465 e. The first-order valence-corrected chi connectivity index (χ1v) is 7.51. The van der Waals surface area contributed by atoms with Gasteiger partial charge in [0.25, 0.3) is 0 Å². The summed E-state index contributed by atoms with van der Waals surface area (Å²) in [5.41, 5.74) is 0.0357. The van der Waals surface area contributed by atoms with Gasteiger partial charge >= 0.3 is 5.97 Å². The Bertz CT molecular complexity index is 556. The first-order chi connectivity index (χ1) is 9.45. The number of rotatable bonds is 7. The smallest absolute Gasteiger partial charge is 0.339 e. The van der Waals surface area contributed by atoms with Crippen molar-refractivity contribution < 1.29 is 22.7 Å². The van der Waals surface area contributed by atoms with Crippen LogP contribution >= 0.6 is 0 Å². The van der Waals surface area contributed by atoms with E-state index in [0.29, 0.717) is 19.6 Å². The Labute approximate surface area is 119 Å². The molecular formula is C13H19NO5S. The molecule has 1 aromatic carbocycles. The lowest BCUT2D eigenvalue weighted by atomic mass is 10.2. The third-order valence-electron chi connectivity index (χ3n) is 2.80. The third kappa shape index (κ3) is 3.78. The summed E-state index contributed by atoms with van der Waals surface area (Å²) in [6.07, 6.45) is 0.576. The number of sulfonamides is 1. The Kier molecular flexibility index (Phi) is 6.12. The van der Waals surface area contributed by atoms with Gasteiger partial charge in [0, 0.05) is 27.3 Å². The van der Waals surface area contributed by atoms with Crippen LogP contribution in [0.25, 0.3) is 0 Å². The summed E-state index contributed by atoms with van der Waals surface area (Å²) >= 11 is 0. The van der Waals surface area contributed by atoms with E-state index in [1.807, 2.05) is 0 Å². The molecule has 0 bridgehead atoms. The quantitative estimate of drug-likeness (QED) is 0.557. The molecule has 6 nitrogen and oxygen atoms in total. The molecule has 0 N–H and O–H groups in total. The maximum Gasteiger partial charge on any atom is 0.339 e. The molecule has 0 aliphatic heterocycles. The van der Waals surface area contributed by atoms with Crippen LogP contribution in [0.1, 0.15) is 16.8 Å². The van der Waals surface area contributed by atoms with Crippen LogP contribution in [-0.4, -0.2) is 53.1 Å². The Morgan fingerprint density at radius 1 is 1.25 bits per heavy atom. The van der Waals surface area contributed by atoms with Crippen molar-refractivity contribution in [3.63, 3.8) is 0 Å². The van der Waals surface area contributed by atoms with Gasteiger partial charge in [-0.1, -0.05) is 12.1 Å². The summed E-state index contributed by atoms with van der Waals surface area (Å²) in [6, 6.07) is 5.99. The molecule has 0 heterocycles. The summed E-state index contributed by atoms with van der Waals surface area (Å²) in [5.74, 6) is -0.672. The highest BCUT2D eigenvalue weighted by Gasteiger charge is 2.26. The second kappa shape index (κ2) is 7.37. The molecule has 1 aromatic rings. The normalized spacial score (nSPS) is 11.6. The molecule has 1 rings (SSSR count). The van der Waals surface area contributed by atoms with E-state index in [1.165, 1.54) is 30.6 Å². The average molecular weight is 301 g/mol. The standard InChI is InChI=1S/C13H19NO5S/c1-14(9-6-10-18-2)20(16,17)12-8-5-4-7-11(12)13(15)19-3/h4-5,7-8H,6,9-10H2,1-3H3. The second-order valence-electron chi connectivity index (χ2n) is 4.16. The van der Waals surface area contributed by atoms with Crippen molar-refractivity contribution in [2.75, 3.05) is 34.4 Å². The van der Waals surface area contributed by atoms with Gasteiger partial charge in [-0.25, -0.2) is 17.5 Å². The van der Waals surface area contributed by atoms with E-state index in [9.17, 15) is 13.2 Å². The minimum atomic E-state index is -3.73. The van der Waals surface area contributed by atoms with E-state index in [4.69, 9.17) is 4.74 Å². The predicted molar refractivity (Wildman–Crippen MR) is 74.1 cm³/mol. The zero-order chi connectivity index (χ0) is 15.2. The summed E-state index contributed by atoms with van der Waals surface area (Å²) in [5, 5.41) is 0. The van der Waals surface area contributed by atoms with Gasteiger partial charge in [-0.15, -0.1) is 0 Å². The predicted octanol–water partition coefficient (Wildman–Crippen LogP) is 1.13. The lowest BCUT2D eigenvalue weighted by Crippen LogP contribution is -2.30. The van der Waals surface area contributed by atoms with Crippen molar-refractivity contribution in [2.45, 2.75) is 11.3 Å². The van der Waals surface area contributed by atoms with Crippen molar-refractivity contribution in [2.24, 2.45) is 0 Å². The molecule has 0 unspecified atom stereocenters. The van der Waals surface area contributed by atoms with Crippen molar-refractivity contribution in [1.29, 1.82) is 0 Å². The van der Waals surface area contributed by atoms with Crippen LogP contribution < -0.4 is 0 Å². The monoisotopic (exact) mass is 301 g/mol. The van der Waals surface area contributed by atoms with Crippen LogP contribution in [0.5, 0.6) is 0 Å². The second-order valence-corrected chi connectivity index (χ2v) is 6.17. The van der Waals surface area contributed by atoms with Crippen molar-refractivity contribution in [3.8, 4) is 0 Å². The topological polar surface area (TPSA) is 72.9 Å². The summed E-state index contributed by atoms with van der Waals surface area (Å²) in [6.45, 7) is 0.782. The lowest BCUT2D eigenvalue weighted by molar-refractivity contribution is 0.0596. The molecule has 0 spiro atoms. The highest BCUT2D eigenvalue weighted by molar-refractivity contribution is 7.89. The molecule has 0 atom stereocenters. The first-order valence-electron chi connectivity index (χ1n) is 6.07. The number of carbonyl (C=O) groups excluding carboxylic acids is 1. The van der Waals surface area contributed by atoms with Crippen molar-refractivity contribution >= 4 is 16.0 Å². The van der Waals surface area contributed by atoms with E-state index in [1.54, 1.807) is 19.2 Å². The number of hydrogen-bond acceptors (Lipinski definition) is 5. The fourth-order valence-corrected chi connectivity index (χ4v) is 3.07. The number of methoxy groups -OCH3 is 2. The number of benzene rings is 1. The molecule has 0 aliphatic rings. The average Bonchev–Trinajstić information content (AvgIpc) is 2.46. The van der Waals surface area contributed by atoms with Crippen LogP contribution in [0.15, 0.2) is 29.2 Å². The number of nitrogens with zero attached hydrogens (tertiary/aromatic N) is 1. The van der Waals surface area contributed by atoms with Crippen LogP contribution in [0.2, 0.25) is 0 Å². The van der Waals surface area contributed by atoms with Gasteiger partial charge in [-0.3, -0.25) is 0 Å². The SMILES string of the molecule is COCCCN(C)S(=O)(=O)c1ccccc1C(=O)OC. The van der Waals surface area contributed by atoms with E-state index in [2.05, 4.69) is 4.74 Å². The minimum Gasteiger partial charge on any atom is -0.465 e. The van der Waals surface area contributed by atoms with E-state index in [0.717, 1.165) is 0 Å². The lowest BCUT2D eigenvalue weighted by Gasteiger charge is -2.18. The van der Waals surface area contributed by atoms with Gasteiger partial charge in [0.05, 0.1) is 17.6 Å². The zero-order valence-corrected chi connectivity index (χ0v) is 12.6. The maximum absolute atomic E-state index is 12.4. The van der Waals surface area contributed by atoms with Crippen molar-refractivity contribution in [3.05, 3.63) is 29.8 Å². The molecule has 0 radical (unpaired) electrons. The number of hydrogen-bond donors (Lipinski definition) is 0. The van der Waals surface area contributed by atoms with E-state index < -0.39 is 16.0 Å². The molecule has 0 aliphatic carbocycles. The minimum absolute atomic E-state index is 0.0357. The Morgan fingerprint density at radius 2 is 1.90 bits per heavy atom. The molecule has 0 saturated heterocycles. The molecule has 112 valence electrons. The number of esters is 1. The Balaban J connectivity index is 3.06. The maximum atomic E-state index is 12.4. The van der Waals surface area contributed by atoms with Gasteiger partial charge in [0.1, 0.15) is 0 Å². The molecule has 0 amide bonds. The van der Waals surface area contributed by atoms with Gasteiger partial charge in [0.2, 0.25) is 10.0 Å². The van der Waals surface area contributed by atoms with E-state index >= 15 is 0 Å². The molecule has 0 fully saturated rings. The summed E-state index contributed by atoms with van der Waals surface area (Å²) in [4.78, 5) is 11.6. The van der Waals surface area contributed by atoms with Gasteiger partial charge < -0.3 is 9.47 Å². The van der Waals surface area contributed by atoms with Crippen LogP contribution in [0.4, 0.5) is 0 Å². The van der Waals surface area contributed by atoms with Gasteiger partial charge in [0.15, 0.2) is 0 Å². The third-order valence-corrected chi connectivity index (χ3v) is 4.72. The Morgan fingerprint density at radius 3 is 2.50 bits per heavy atom. The van der Waals surface area contributed by atoms with Crippen LogP contribution in [-0.2, 0) is 19.5 Å². The number of carbonyl (C=O) groups is 1. The fourth-order valence-electron chi connectivity index (χ4n) is 1.69. The van der Waals surface area contributed by atoms with Gasteiger partial charge in [-0.05, 0) is 18.6 Å². The molecular weight excluding hydrogens is 282 g/mol. The summed E-state index contributed by atoms with van der Waals surface area (Å²) in [7, 11) is 0.516. The molecule has 7 heteroatoms. The summed E-state index contributed by atoms with van der Waals surface area (Å²) < 4.78 is 35.6. The Hall–Kier alpha value is -1.44. The number of ether oxygens (including phenoxy) is 2. The molecule has 20 heavy (non-hydrogen) atoms. The first kappa shape index (κ1) is 16.6. The highest BCUT2D eigenvalue weighted by Crippen LogP contribution is 2.20. The van der Waals surface area contributed by atoms with Crippen molar-refractivity contribution in [1.82, 2.24) is 4.31 Å². The highest BCUT2D eigenvalue weighted by atomic mass is 32.2. The van der Waals surface area contributed by atoms with Crippen LogP contribution in [0.3, 0.4) is 0 Å². The fraction of sp³-hybridized carbons (Fsp3) is 0.462. The van der Waals surface area contributed by atoms with Gasteiger partial charge in [-0.2, -0.15) is 0 Å². The van der Waals surface area contributed by atoms with E-state index in [-0.39, 0.29) is 10.5 Å².